The molecule has 0 radical (unpaired) electrons. The number of hydrogen-bond acceptors (Lipinski definition) is 4. The first-order valence-electron chi connectivity index (χ1n) is 6.22. The summed E-state index contributed by atoms with van der Waals surface area (Å²) < 4.78 is 0. The molecule has 2 N–H and O–H groups in total. The van der Waals surface area contributed by atoms with Crippen LogP contribution in [0.3, 0.4) is 0 Å². The van der Waals surface area contributed by atoms with Crippen LogP contribution in [0.1, 0.15) is 5.56 Å². The molecule has 1 heterocycles. The summed E-state index contributed by atoms with van der Waals surface area (Å²) in [4.78, 5) is 36.7. The molecule has 7 nitrogen and oxygen atoms in total. The number of urea groups is 1. The fourth-order valence-electron chi connectivity index (χ4n) is 1.89. The average molecular weight is 289 g/mol. The highest BCUT2D eigenvalue weighted by Gasteiger charge is 2.34. The largest absolute Gasteiger partial charge is 0.480 e. The van der Waals surface area contributed by atoms with Gasteiger partial charge in [-0.05, 0) is 23.8 Å². The summed E-state index contributed by atoms with van der Waals surface area (Å²) in [7, 11) is 3.83. The van der Waals surface area contributed by atoms with E-state index in [2.05, 4.69) is 5.32 Å². The number of carboxylic acid groups (broad SMARTS) is 1. The summed E-state index contributed by atoms with van der Waals surface area (Å²) in [6.07, 6.45) is 1.52. The molecule has 7 heteroatoms. The van der Waals surface area contributed by atoms with Crippen LogP contribution >= 0.6 is 0 Å². The predicted molar refractivity (Wildman–Crippen MR) is 76.6 cm³/mol. The summed E-state index contributed by atoms with van der Waals surface area (Å²) in [6, 6.07) is 6.65. The zero-order chi connectivity index (χ0) is 15.6. The van der Waals surface area contributed by atoms with Gasteiger partial charge in [-0.1, -0.05) is 12.1 Å². The van der Waals surface area contributed by atoms with Crippen LogP contribution in [-0.4, -0.2) is 48.6 Å². The summed E-state index contributed by atoms with van der Waals surface area (Å²) in [5, 5.41) is 11.0. The fourth-order valence-corrected chi connectivity index (χ4v) is 1.89. The standard InChI is InChI=1S/C14H15N3O4/c1-16(2)10-5-3-9(4-6-10)7-11-13(20)17(8-12(18)19)14(21)15-11/h3-7H,8H2,1-2H3,(H,15,21)(H,18,19)/b11-7+. The number of benzene rings is 1. The number of aliphatic carboxylic acids is 1. The lowest BCUT2D eigenvalue weighted by Gasteiger charge is -2.11. The highest BCUT2D eigenvalue weighted by Crippen LogP contribution is 2.17. The Labute approximate surface area is 121 Å². The van der Waals surface area contributed by atoms with Crippen LogP contribution in [0.15, 0.2) is 30.0 Å². The summed E-state index contributed by atoms with van der Waals surface area (Å²) in [5.41, 5.74) is 1.81. The molecule has 0 aromatic heterocycles. The maximum Gasteiger partial charge on any atom is 0.329 e. The Morgan fingerprint density at radius 2 is 1.90 bits per heavy atom. The van der Waals surface area contributed by atoms with Crippen LogP contribution in [0, 0.1) is 0 Å². The van der Waals surface area contributed by atoms with Gasteiger partial charge in [0.15, 0.2) is 0 Å². The molecule has 2 rings (SSSR count). The molecule has 1 saturated heterocycles. The number of carbonyl (C=O) groups is 3. The van der Waals surface area contributed by atoms with E-state index in [1.807, 2.05) is 43.3 Å². The van der Waals surface area contributed by atoms with Crippen molar-refractivity contribution in [2.75, 3.05) is 25.5 Å². The Bertz CT molecular complexity index is 620. The molecule has 1 aromatic carbocycles. The number of nitrogens with one attached hydrogen (secondary N) is 1. The molecular weight excluding hydrogens is 274 g/mol. The minimum atomic E-state index is -1.24. The molecule has 1 aliphatic heterocycles. The Morgan fingerprint density at radius 1 is 1.29 bits per heavy atom. The topological polar surface area (TPSA) is 90.0 Å². The molecule has 0 atom stereocenters. The molecule has 3 amide bonds. The second-order valence-corrected chi connectivity index (χ2v) is 4.76. The highest BCUT2D eigenvalue weighted by molar-refractivity contribution is 6.15. The Morgan fingerprint density at radius 3 is 2.43 bits per heavy atom. The van der Waals surface area contributed by atoms with Gasteiger partial charge in [0, 0.05) is 19.8 Å². The maximum absolute atomic E-state index is 11.9. The lowest BCUT2D eigenvalue weighted by atomic mass is 10.1. The van der Waals surface area contributed by atoms with Crippen molar-refractivity contribution in [1.29, 1.82) is 0 Å². The van der Waals surface area contributed by atoms with Crippen LogP contribution in [-0.2, 0) is 9.59 Å². The van der Waals surface area contributed by atoms with Crippen LogP contribution in [0.4, 0.5) is 10.5 Å². The van der Waals surface area contributed by atoms with E-state index < -0.39 is 24.5 Å². The lowest BCUT2D eigenvalue weighted by molar-refractivity contribution is -0.140. The number of carbonyl (C=O) groups excluding carboxylic acids is 2. The van der Waals surface area contributed by atoms with Crippen molar-refractivity contribution < 1.29 is 19.5 Å². The van der Waals surface area contributed by atoms with Gasteiger partial charge in [-0.25, -0.2) is 9.69 Å². The zero-order valence-corrected chi connectivity index (χ0v) is 11.7. The first kappa shape index (κ1) is 14.6. The quantitative estimate of drug-likeness (QED) is 0.630. The van der Waals surface area contributed by atoms with E-state index in [9.17, 15) is 14.4 Å². The third-order valence-corrected chi connectivity index (χ3v) is 2.98. The normalized spacial score (nSPS) is 16.3. The number of rotatable bonds is 4. The minimum absolute atomic E-state index is 0.0684. The van der Waals surface area contributed by atoms with Crippen LogP contribution in [0.25, 0.3) is 6.08 Å². The van der Waals surface area contributed by atoms with Gasteiger partial charge in [0.2, 0.25) is 0 Å². The van der Waals surface area contributed by atoms with E-state index in [0.717, 1.165) is 11.3 Å². The van der Waals surface area contributed by atoms with E-state index in [4.69, 9.17) is 5.11 Å². The molecule has 1 aromatic rings. The monoisotopic (exact) mass is 289 g/mol. The number of carboxylic acids is 1. The highest BCUT2D eigenvalue weighted by atomic mass is 16.4. The first-order valence-corrected chi connectivity index (χ1v) is 6.22. The van der Waals surface area contributed by atoms with E-state index in [1.54, 1.807) is 0 Å². The van der Waals surface area contributed by atoms with Crippen molar-refractivity contribution in [2.45, 2.75) is 0 Å². The van der Waals surface area contributed by atoms with Crippen LogP contribution < -0.4 is 10.2 Å². The fraction of sp³-hybridized carbons (Fsp3) is 0.214. The number of imide groups is 1. The van der Waals surface area contributed by atoms with Gasteiger partial charge >= 0.3 is 12.0 Å². The Kier molecular flexibility index (Phi) is 3.93. The Hall–Kier alpha value is -2.83. The van der Waals surface area contributed by atoms with E-state index >= 15 is 0 Å². The molecule has 1 fully saturated rings. The van der Waals surface area contributed by atoms with Crippen molar-refractivity contribution in [3.8, 4) is 0 Å². The summed E-state index contributed by atoms with van der Waals surface area (Å²) in [5.74, 6) is -1.88. The van der Waals surface area contributed by atoms with Gasteiger partial charge in [0.05, 0.1) is 0 Å². The van der Waals surface area contributed by atoms with E-state index in [-0.39, 0.29) is 5.70 Å². The van der Waals surface area contributed by atoms with Gasteiger partial charge < -0.3 is 15.3 Å². The van der Waals surface area contributed by atoms with E-state index in [1.165, 1.54) is 6.08 Å². The number of anilines is 1. The minimum Gasteiger partial charge on any atom is -0.480 e. The van der Waals surface area contributed by atoms with E-state index in [0.29, 0.717) is 4.90 Å². The lowest BCUT2D eigenvalue weighted by Crippen LogP contribution is -2.35. The van der Waals surface area contributed by atoms with Crippen molar-refractivity contribution in [3.05, 3.63) is 35.5 Å². The molecule has 21 heavy (non-hydrogen) atoms. The molecular formula is C14H15N3O4. The summed E-state index contributed by atoms with van der Waals surface area (Å²) >= 11 is 0. The molecule has 0 aliphatic carbocycles. The van der Waals surface area contributed by atoms with Crippen molar-refractivity contribution in [2.24, 2.45) is 0 Å². The first-order chi connectivity index (χ1) is 9.88. The molecule has 0 bridgehead atoms. The van der Waals surface area contributed by atoms with Crippen LogP contribution in [0.5, 0.6) is 0 Å². The van der Waals surface area contributed by atoms with Gasteiger partial charge in [0.25, 0.3) is 5.91 Å². The van der Waals surface area contributed by atoms with Gasteiger partial charge in [-0.2, -0.15) is 0 Å². The van der Waals surface area contributed by atoms with Crippen molar-refractivity contribution >= 4 is 29.7 Å². The SMILES string of the molecule is CN(C)c1ccc(/C=C2/NC(=O)N(CC(=O)O)C2=O)cc1. The molecule has 1 aliphatic rings. The van der Waals surface area contributed by atoms with Crippen molar-refractivity contribution in [1.82, 2.24) is 10.2 Å². The van der Waals surface area contributed by atoms with Gasteiger partial charge in [0.1, 0.15) is 12.2 Å². The maximum atomic E-state index is 11.9. The number of amides is 3. The van der Waals surface area contributed by atoms with Gasteiger partial charge in [-0.15, -0.1) is 0 Å². The zero-order valence-electron chi connectivity index (χ0n) is 11.7. The number of hydrogen-bond donors (Lipinski definition) is 2. The average Bonchev–Trinajstić information content (AvgIpc) is 2.67. The second-order valence-electron chi connectivity index (χ2n) is 4.76. The smallest absolute Gasteiger partial charge is 0.329 e. The molecule has 110 valence electrons. The Balaban J connectivity index is 2.20. The third-order valence-electron chi connectivity index (χ3n) is 2.98. The van der Waals surface area contributed by atoms with Crippen molar-refractivity contribution in [3.63, 3.8) is 0 Å². The predicted octanol–water partition coefficient (Wildman–Crippen LogP) is 0.730. The number of nitrogens with zero attached hydrogens (tertiary/aromatic N) is 2. The molecule has 0 spiro atoms. The van der Waals surface area contributed by atoms with Crippen LogP contribution in [0.2, 0.25) is 0 Å². The second kappa shape index (κ2) is 5.66. The third kappa shape index (κ3) is 3.19. The van der Waals surface area contributed by atoms with Gasteiger partial charge in [-0.3, -0.25) is 9.59 Å². The summed E-state index contributed by atoms with van der Waals surface area (Å²) in [6.45, 7) is -0.651. The molecule has 0 unspecified atom stereocenters. The molecule has 0 saturated carbocycles.